The van der Waals surface area contributed by atoms with Gasteiger partial charge in [0.25, 0.3) is 0 Å². The summed E-state index contributed by atoms with van der Waals surface area (Å²) in [5.74, 6) is 0. The maximum absolute atomic E-state index is 8.96. The van der Waals surface area contributed by atoms with Gasteiger partial charge in [0.15, 0.2) is 0 Å². The molecule has 0 rings (SSSR count). The van der Waals surface area contributed by atoms with Crippen LogP contribution in [0.3, 0.4) is 0 Å². The molecule has 0 aliphatic rings. The quantitative estimate of drug-likeness (QED) is 0.242. The lowest BCUT2D eigenvalue weighted by atomic mass is 10.0. The van der Waals surface area contributed by atoms with Gasteiger partial charge in [0.2, 0.25) is 0 Å². The van der Waals surface area contributed by atoms with Gasteiger partial charge < -0.3 is 35.7 Å². The van der Waals surface area contributed by atoms with Gasteiger partial charge in [-0.05, 0) is 6.42 Å². The summed E-state index contributed by atoms with van der Waals surface area (Å²) in [5, 5.41) is 60.5. The molecule has 7 nitrogen and oxygen atoms in total. The van der Waals surface area contributed by atoms with Crippen molar-refractivity contribution in [3.63, 3.8) is 0 Å². The number of hydrogen-bond acceptors (Lipinski definition) is 7. The maximum atomic E-state index is 8.96. The fourth-order valence-electron chi connectivity index (χ4n) is 1.21. The minimum atomic E-state index is -1.67. The Morgan fingerprint density at radius 2 is 1.11 bits per heavy atom. The molecule has 0 aliphatic heterocycles. The molecule has 7 heteroatoms. The normalized spacial score (nSPS) is 17.1. The second-order valence-electron chi connectivity index (χ2n) is 4.27. The number of unbranched alkanes of at least 4 members (excludes halogenated alkanes) is 3. The van der Waals surface area contributed by atoms with Crippen LogP contribution in [0.4, 0.5) is 0 Å². The van der Waals surface area contributed by atoms with Gasteiger partial charge in [0.05, 0.1) is 13.2 Å². The van der Waals surface area contributed by atoms with Crippen LogP contribution in [0, 0.1) is 0 Å². The van der Waals surface area contributed by atoms with E-state index in [-0.39, 0.29) is 0 Å². The average Bonchev–Trinajstić information content (AvgIpc) is 2.45. The monoisotopic (exact) mass is 284 g/mol. The largest absolute Gasteiger partial charge is 0.396 e. The molecule has 0 aromatic carbocycles. The molecule has 4 atom stereocenters. The molecular formula is C12H28O7. The summed E-state index contributed by atoms with van der Waals surface area (Å²) in [6.45, 7) is 1.07. The molecule has 0 aromatic heterocycles. The van der Waals surface area contributed by atoms with Crippen molar-refractivity contribution in [1.29, 1.82) is 0 Å². The van der Waals surface area contributed by atoms with E-state index in [0.717, 1.165) is 6.42 Å². The van der Waals surface area contributed by atoms with Crippen LogP contribution in [-0.4, -0.2) is 80.0 Å². The van der Waals surface area contributed by atoms with E-state index < -0.39 is 37.6 Å². The van der Waals surface area contributed by atoms with Crippen LogP contribution >= 0.6 is 0 Å². The average molecular weight is 284 g/mol. The van der Waals surface area contributed by atoms with E-state index in [0.29, 0.717) is 6.61 Å². The molecule has 0 fully saturated rings. The molecule has 0 bridgehead atoms. The molecule has 0 saturated heterocycles. The zero-order valence-corrected chi connectivity index (χ0v) is 11.4. The van der Waals surface area contributed by atoms with Crippen LogP contribution in [0.5, 0.6) is 0 Å². The maximum Gasteiger partial charge on any atom is 0.111 e. The molecule has 0 radical (unpaired) electrons. The molecule has 4 unspecified atom stereocenters. The summed E-state index contributed by atoms with van der Waals surface area (Å²) < 4.78 is 0. The molecule has 0 saturated carbocycles. The molecule has 0 aromatic rings. The van der Waals surface area contributed by atoms with Crippen molar-refractivity contribution < 1.29 is 35.7 Å². The van der Waals surface area contributed by atoms with Crippen molar-refractivity contribution in [2.24, 2.45) is 0 Å². The predicted molar refractivity (Wildman–Crippen MR) is 69.4 cm³/mol. The second kappa shape index (κ2) is 14.1. The Morgan fingerprint density at radius 1 is 0.684 bits per heavy atom. The van der Waals surface area contributed by atoms with E-state index in [2.05, 4.69) is 6.92 Å². The van der Waals surface area contributed by atoms with E-state index in [1.807, 2.05) is 0 Å². The first-order chi connectivity index (χ1) is 8.95. The van der Waals surface area contributed by atoms with E-state index in [1.54, 1.807) is 0 Å². The van der Waals surface area contributed by atoms with E-state index in [4.69, 9.17) is 35.7 Å². The van der Waals surface area contributed by atoms with Crippen molar-refractivity contribution in [3.05, 3.63) is 0 Å². The van der Waals surface area contributed by atoms with Gasteiger partial charge in [0.1, 0.15) is 24.4 Å². The van der Waals surface area contributed by atoms with Gasteiger partial charge in [-0.2, -0.15) is 0 Å². The van der Waals surface area contributed by atoms with E-state index in [1.165, 1.54) is 19.3 Å². The Bertz CT molecular complexity index is 161. The van der Waals surface area contributed by atoms with Gasteiger partial charge in [-0.25, -0.2) is 0 Å². The minimum Gasteiger partial charge on any atom is -0.396 e. The zero-order chi connectivity index (χ0) is 15.3. The highest BCUT2D eigenvalue weighted by molar-refractivity contribution is 4.79. The van der Waals surface area contributed by atoms with Crippen molar-refractivity contribution in [2.75, 3.05) is 19.8 Å². The van der Waals surface area contributed by atoms with Crippen LogP contribution in [0.1, 0.15) is 32.6 Å². The highest BCUT2D eigenvalue weighted by Crippen LogP contribution is 2.04. The molecule has 7 N–H and O–H groups in total. The summed E-state index contributed by atoms with van der Waals surface area (Å²) in [6.07, 6.45) is -1.71. The lowest BCUT2D eigenvalue weighted by Gasteiger charge is -2.24. The number of aliphatic hydroxyl groups excluding tert-OH is 7. The standard InChI is InChI=1S/C6H14O6.C6H14O/c7-1-3(9)5(11)6(12)4(10)2-8;1-2-3-4-5-6-7/h3-12H,1-2H2;7H,2-6H2,1H3. The van der Waals surface area contributed by atoms with Gasteiger partial charge in [0, 0.05) is 6.61 Å². The first-order valence-electron chi connectivity index (χ1n) is 6.51. The SMILES string of the molecule is CCCCCCO.OCC(O)C(O)C(O)C(O)CO. The third-order valence-corrected chi connectivity index (χ3v) is 2.52. The molecule has 0 aliphatic carbocycles. The molecular weight excluding hydrogens is 256 g/mol. The smallest absolute Gasteiger partial charge is 0.111 e. The molecule has 0 spiro atoms. The third-order valence-electron chi connectivity index (χ3n) is 2.52. The Kier molecular flexibility index (Phi) is 15.6. The van der Waals surface area contributed by atoms with Gasteiger partial charge in [-0.1, -0.05) is 26.2 Å². The van der Waals surface area contributed by atoms with Crippen LogP contribution in [-0.2, 0) is 0 Å². The molecule has 118 valence electrons. The molecule has 0 heterocycles. The van der Waals surface area contributed by atoms with Gasteiger partial charge >= 0.3 is 0 Å². The Hall–Kier alpha value is -0.280. The van der Waals surface area contributed by atoms with Crippen LogP contribution < -0.4 is 0 Å². The third kappa shape index (κ3) is 11.3. The van der Waals surface area contributed by atoms with Crippen LogP contribution in [0.25, 0.3) is 0 Å². The summed E-state index contributed by atoms with van der Waals surface area (Å²) in [7, 11) is 0. The zero-order valence-electron chi connectivity index (χ0n) is 11.4. The highest BCUT2D eigenvalue weighted by atomic mass is 16.4. The lowest BCUT2D eigenvalue weighted by molar-refractivity contribution is -0.123. The van der Waals surface area contributed by atoms with Crippen molar-refractivity contribution in [1.82, 2.24) is 0 Å². The first kappa shape index (κ1) is 21.0. The second-order valence-corrected chi connectivity index (χ2v) is 4.27. The molecule has 19 heavy (non-hydrogen) atoms. The van der Waals surface area contributed by atoms with Crippen molar-refractivity contribution in [2.45, 2.75) is 57.0 Å². The van der Waals surface area contributed by atoms with Crippen molar-refractivity contribution in [3.8, 4) is 0 Å². The first-order valence-corrected chi connectivity index (χ1v) is 6.51. The Balaban J connectivity index is 0. The predicted octanol–water partition coefficient (Wildman–Crippen LogP) is -2.03. The van der Waals surface area contributed by atoms with E-state index in [9.17, 15) is 0 Å². The number of rotatable bonds is 9. The van der Waals surface area contributed by atoms with Gasteiger partial charge in [-0.3, -0.25) is 0 Å². The summed E-state index contributed by atoms with van der Waals surface area (Å²) in [6, 6.07) is 0. The number of hydrogen-bond donors (Lipinski definition) is 7. The highest BCUT2D eigenvalue weighted by Gasteiger charge is 2.29. The summed E-state index contributed by atoms with van der Waals surface area (Å²) >= 11 is 0. The fourth-order valence-corrected chi connectivity index (χ4v) is 1.21. The summed E-state index contributed by atoms with van der Waals surface area (Å²) in [4.78, 5) is 0. The van der Waals surface area contributed by atoms with Crippen molar-refractivity contribution >= 4 is 0 Å². The summed E-state index contributed by atoms with van der Waals surface area (Å²) in [5.41, 5.74) is 0. The van der Waals surface area contributed by atoms with Crippen LogP contribution in [0.2, 0.25) is 0 Å². The number of aliphatic hydroxyl groups is 7. The Morgan fingerprint density at radius 3 is 1.37 bits per heavy atom. The molecule has 0 amide bonds. The van der Waals surface area contributed by atoms with Crippen LogP contribution in [0.15, 0.2) is 0 Å². The minimum absolute atomic E-state index is 0.361. The Labute approximate surface area is 113 Å². The van der Waals surface area contributed by atoms with E-state index >= 15 is 0 Å². The fraction of sp³-hybridized carbons (Fsp3) is 1.00. The van der Waals surface area contributed by atoms with Gasteiger partial charge in [-0.15, -0.1) is 0 Å². The topological polar surface area (TPSA) is 142 Å². The lowest BCUT2D eigenvalue weighted by Crippen LogP contribution is -2.46.